The molecule has 1 atom stereocenters. The van der Waals surface area contributed by atoms with Gasteiger partial charge in [0.25, 0.3) is 5.91 Å². The van der Waals surface area contributed by atoms with Crippen LogP contribution in [0.4, 0.5) is 10.5 Å². The van der Waals surface area contributed by atoms with Crippen LogP contribution in [0.15, 0.2) is 47.3 Å². The number of aromatic nitrogens is 1. The molecule has 1 aliphatic heterocycles. The van der Waals surface area contributed by atoms with Crippen molar-refractivity contribution in [2.45, 2.75) is 25.4 Å². The zero-order valence-electron chi connectivity index (χ0n) is 12.8. The van der Waals surface area contributed by atoms with Gasteiger partial charge in [-0.15, -0.1) is 0 Å². The van der Waals surface area contributed by atoms with Crippen LogP contribution in [0.2, 0.25) is 0 Å². The quantitative estimate of drug-likeness (QED) is 0.782. The molecule has 3 heterocycles. The molecular formula is C16H16N4O4. The molecule has 0 saturated carbocycles. The molecule has 0 bridgehead atoms. The number of furan rings is 1. The largest absolute Gasteiger partial charge is 0.467 e. The van der Waals surface area contributed by atoms with Gasteiger partial charge in [-0.2, -0.15) is 0 Å². The summed E-state index contributed by atoms with van der Waals surface area (Å²) in [6, 6.07) is 5.63. The molecule has 124 valence electrons. The Morgan fingerprint density at radius 2 is 2.21 bits per heavy atom. The zero-order valence-corrected chi connectivity index (χ0v) is 12.8. The second kappa shape index (κ2) is 6.95. The van der Waals surface area contributed by atoms with Gasteiger partial charge in [0.2, 0.25) is 5.91 Å². The molecule has 8 nitrogen and oxygen atoms in total. The molecule has 0 spiro atoms. The van der Waals surface area contributed by atoms with Crippen LogP contribution in [0.3, 0.4) is 0 Å². The Bertz CT molecular complexity index is 730. The van der Waals surface area contributed by atoms with Gasteiger partial charge in [-0.3, -0.25) is 19.5 Å². The third-order valence-electron chi connectivity index (χ3n) is 3.61. The SMILES string of the molecule is O=C(CC[C@H]1NC(=O)N(Cc2ccco2)C1=O)Nc1cccnc1. The maximum Gasteiger partial charge on any atom is 0.325 e. The van der Waals surface area contributed by atoms with Gasteiger partial charge in [-0.25, -0.2) is 4.79 Å². The summed E-state index contributed by atoms with van der Waals surface area (Å²) in [5.41, 5.74) is 0.587. The van der Waals surface area contributed by atoms with Crippen molar-refractivity contribution in [2.75, 3.05) is 5.32 Å². The van der Waals surface area contributed by atoms with E-state index in [-0.39, 0.29) is 31.2 Å². The van der Waals surface area contributed by atoms with Crippen molar-refractivity contribution in [3.63, 3.8) is 0 Å². The van der Waals surface area contributed by atoms with E-state index < -0.39 is 12.1 Å². The molecule has 0 radical (unpaired) electrons. The number of amides is 4. The number of nitrogens with one attached hydrogen (secondary N) is 2. The second-order valence-corrected chi connectivity index (χ2v) is 5.33. The summed E-state index contributed by atoms with van der Waals surface area (Å²) in [6.07, 6.45) is 4.96. The number of carbonyl (C=O) groups is 3. The number of nitrogens with zero attached hydrogens (tertiary/aromatic N) is 2. The van der Waals surface area contributed by atoms with E-state index in [1.54, 1.807) is 30.5 Å². The van der Waals surface area contributed by atoms with Crippen molar-refractivity contribution in [1.82, 2.24) is 15.2 Å². The fourth-order valence-corrected chi connectivity index (χ4v) is 2.42. The lowest BCUT2D eigenvalue weighted by Crippen LogP contribution is -2.31. The predicted octanol–water partition coefficient (Wildman–Crippen LogP) is 1.51. The lowest BCUT2D eigenvalue weighted by Gasteiger charge is -2.11. The fraction of sp³-hybridized carbons (Fsp3) is 0.250. The minimum absolute atomic E-state index is 0.0794. The highest BCUT2D eigenvalue weighted by atomic mass is 16.3. The monoisotopic (exact) mass is 328 g/mol. The number of imide groups is 1. The van der Waals surface area contributed by atoms with Crippen LogP contribution in [-0.2, 0) is 16.1 Å². The van der Waals surface area contributed by atoms with Crippen LogP contribution in [-0.4, -0.2) is 33.8 Å². The molecule has 24 heavy (non-hydrogen) atoms. The molecule has 2 aromatic rings. The second-order valence-electron chi connectivity index (χ2n) is 5.33. The van der Waals surface area contributed by atoms with E-state index in [0.717, 1.165) is 4.90 Å². The Labute approximate surface area is 137 Å². The van der Waals surface area contributed by atoms with Gasteiger partial charge in [0.1, 0.15) is 11.8 Å². The average molecular weight is 328 g/mol. The Hall–Kier alpha value is -3.16. The first-order valence-electron chi connectivity index (χ1n) is 7.47. The van der Waals surface area contributed by atoms with E-state index >= 15 is 0 Å². The van der Waals surface area contributed by atoms with Crippen molar-refractivity contribution in [2.24, 2.45) is 0 Å². The van der Waals surface area contributed by atoms with Gasteiger partial charge < -0.3 is 15.1 Å². The third kappa shape index (κ3) is 3.60. The summed E-state index contributed by atoms with van der Waals surface area (Å²) in [6.45, 7) is 0.0794. The van der Waals surface area contributed by atoms with Gasteiger partial charge in [0.15, 0.2) is 0 Å². The zero-order chi connectivity index (χ0) is 16.9. The minimum atomic E-state index is -0.702. The van der Waals surface area contributed by atoms with Gasteiger partial charge in [-0.05, 0) is 30.7 Å². The van der Waals surface area contributed by atoms with E-state index in [1.165, 1.54) is 12.5 Å². The van der Waals surface area contributed by atoms with Crippen LogP contribution in [0.5, 0.6) is 0 Å². The molecule has 3 rings (SSSR count). The number of carbonyl (C=O) groups excluding carboxylic acids is 3. The topological polar surface area (TPSA) is 105 Å². The highest BCUT2D eigenvalue weighted by molar-refractivity contribution is 6.04. The fourth-order valence-electron chi connectivity index (χ4n) is 2.42. The Morgan fingerprint density at radius 1 is 1.33 bits per heavy atom. The third-order valence-corrected chi connectivity index (χ3v) is 3.61. The molecule has 1 aliphatic rings. The molecule has 2 N–H and O–H groups in total. The summed E-state index contributed by atoms with van der Waals surface area (Å²) in [5.74, 6) is -0.0754. The van der Waals surface area contributed by atoms with Crippen molar-refractivity contribution in [3.05, 3.63) is 48.7 Å². The van der Waals surface area contributed by atoms with Crippen LogP contribution < -0.4 is 10.6 Å². The first-order valence-corrected chi connectivity index (χ1v) is 7.47. The molecule has 8 heteroatoms. The Kier molecular flexibility index (Phi) is 4.55. The molecule has 2 aromatic heterocycles. The number of hydrogen-bond acceptors (Lipinski definition) is 5. The standard InChI is InChI=1S/C16H16N4O4/c21-14(18-11-3-1-7-17-9-11)6-5-13-15(22)20(16(23)19-13)10-12-4-2-8-24-12/h1-4,7-9,13H,5-6,10H2,(H,18,21)(H,19,23)/t13-/m1/s1. The number of hydrogen-bond donors (Lipinski definition) is 2. The predicted molar refractivity (Wildman–Crippen MR) is 83.7 cm³/mol. The van der Waals surface area contributed by atoms with Gasteiger partial charge in [0.05, 0.1) is 24.7 Å². The summed E-state index contributed by atoms with van der Waals surface area (Å²) < 4.78 is 5.15. The van der Waals surface area contributed by atoms with Crippen LogP contribution in [0.25, 0.3) is 0 Å². The normalized spacial score (nSPS) is 17.0. The van der Waals surface area contributed by atoms with E-state index in [1.807, 2.05) is 0 Å². The van der Waals surface area contributed by atoms with Crippen molar-refractivity contribution in [3.8, 4) is 0 Å². The molecule has 4 amide bonds. The van der Waals surface area contributed by atoms with Gasteiger partial charge in [-0.1, -0.05) is 0 Å². The van der Waals surface area contributed by atoms with E-state index in [4.69, 9.17) is 4.42 Å². The van der Waals surface area contributed by atoms with E-state index in [9.17, 15) is 14.4 Å². The van der Waals surface area contributed by atoms with Crippen LogP contribution in [0, 0.1) is 0 Å². The summed E-state index contributed by atoms with van der Waals surface area (Å²) in [4.78, 5) is 41.1. The first-order chi connectivity index (χ1) is 11.6. The lowest BCUT2D eigenvalue weighted by molar-refractivity contribution is -0.128. The molecule has 0 unspecified atom stereocenters. The highest BCUT2D eigenvalue weighted by Gasteiger charge is 2.38. The van der Waals surface area contributed by atoms with E-state index in [2.05, 4.69) is 15.6 Å². The lowest BCUT2D eigenvalue weighted by atomic mass is 10.1. The smallest absolute Gasteiger partial charge is 0.325 e. The Morgan fingerprint density at radius 3 is 2.92 bits per heavy atom. The first kappa shape index (κ1) is 15.7. The maximum atomic E-state index is 12.3. The van der Waals surface area contributed by atoms with Crippen molar-refractivity contribution < 1.29 is 18.8 Å². The van der Waals surface area contributed by atoms with Crippen LogP contribution in [0.1, 0.15) is 18.6 Å². The Balaban J connectivity index is 1.51. The van der Waals surface area contributed by atoms with Crippen molar-refractivity contribution in [1.29, 1.82) is 0 Å². The minimum Gasteiger partial charge on any atom is -0.467 e. The number of rotatable bonds is 6. The highest BCUT2D eigenvalue weighted by Crippen LogP contribution is 2.15. The van der Waals surface area contributed by atoms with Gasteiger partial charge in [0, 0.05) is 12.6 Å². The summed E-state index contributed by atoms with van der Waals surface area (Å²) >= 11 is 0. The molecule has 1 saturated heterocycles. The molecule has 0 aliphatic carbocycles. The summed E-state index contributed by atoms with van der Waals surface area (Å²) in [7, 11) is 0. The average Bonchev–Trinajstić information content (AvgIpc) is 3.18. The maximum absolute atomic E-state index is 12.3. The van der Waals surface area contributed by atoms with E-state index in [0.29, 0.717) is 11.4 Å². The number of anilines is 1. The van der Waals surface area contributed by atoms with Gasteiger partial charge >= 0.3 is 6.03 Å². The molecule has 1 fully saturated rings. The number of urea groups is 1. The number of pyridine rings is 1. The summed E-state index contributed by atoms with van der Waals surface area (Å²) in [5, 5.41) is 5.27. The molecule has 0 aromatic carbocycles. The molecular weight excluding hydrogens is 312 g/mol. The van der Waals surface area contributed by atoms with Crippen LogP contribution >= 0.6 is 0 Å². The van der Waals surface area contributed by atoms with Crippen molar-refractivity contribution >= 4 is 23.5 Å².